The van der Waals surface area contributed by atoms with Gasteiger partial charge in [-0.15, -0.1) is 0 Å². The van der Waals surface area contributed by atoms with Crippen LogP contribution in [0.3, 0.4) is 0 Å². The van der Waals surface area contributed by atoms with Crippen LogP contribution >= 0.6 is 11.6 Å². The average Bonchev–Trinajstić information content (AvgIpc) is 2.45. The molecule has 1 amide bonds. The first-order valence-corrected chi connectivity index (χ1v) is 7.61. The van der Waals surface area contributed by atoms with Crippen LogP contribution in [0.2, 0.25) is 5.02 Å². The predicted octanol–water partition coefficient (Wildman–Crippen LogP) is 4.54. The second kappa shape index (κ2) is 9.54. The third-order valence-electron chi connectivity index (χ3n) is 3.12. The van der Waals surface area contributed by atoms with Crippen molar-refractivity contribution in [3.05, 3.63) is 34.9 Å². The Labute approximate surface area is 126 Å². The summed E-state index contributed by atoms with van der Waals surface area (Å²) in [7, 11) is 0. The fraction of sp³-hybridized carbons (Fsp3) is 0.500. The van der Waals surface area contributed by atoms with Gasteiger partial charge in [-0.05, 0) is 19.4 Å². The van der Waals surface area contributed by atoms with Gasteiger partial charge in [0.05, 0.1) is 5.71 Å². The molecule has 0 saturated carbocycles. The van der Waals surface area contributed by atoms with Crippen LogP contribution in [0.1, 0.15) is 57.9 Å². The van der Waals surface area contributed by atoms with Crippen LogP contribution in [-0.2, 0) is 4.79 Å². The van der Waals surface area contributed by atoms with Crippen LogP contribution in [0.5, 0.6) is 0 Å². The maximum atomic E-state index is 11.6. The zero-order chi connectivity index (χ0) is 14.8. The van der Waals surface area contributed by atoms with Gasteiger partial charge >= 0.3 is 0 Å². The van der Waals surface area contributed by atoms with Gasteiger partial charge in [-0.25, -0.2) is 5.43 Å². The molecular weight excluding hydrogens is 272 g/mol. The molecule has 1 rings (SSSR count). The molecule has 110 valence electrons. The summed E-state index contributed by atoms with van der Waals surface area (Å²) in [6, 6.07) is 7.47. The van der Waals surface area contributed by atoms with Crippen molar-refractivity contribution >= 4 is 23.2 Å². The maximum Gasteiger partial charge on any atom is 0.240 e. The number of carbonyl (C=O) groups excluding carboxylic acids is 1. The Bertz CT molecular complexity index is 458. The summed E-state index contributed by atoms with van der Waals surface area (Å²) < 4.78 is 0. The third-order valence-corrected chi connectivity index (χ3v) is 3.45. The Balaban J connectivity index is 2.36. The van der Waals surface area contributed by atoms with E-state index in [-0.39, 0.29) is 5.91 Å². The Morgan fingerprint density at radius 3 is 2.60 bits per heavy atom. The second-order valence-electron chi connectivity index (χ2n) is 4.88. The number of hydrogen-bond donors (Lipinski definition) is 1. The van der Waals surface area contributed by atoms with Crippen molar-refractivity contribution in [1.82, 2.24) is 5.43 Å². The Kier molecular flexibility index (Phi) is 7.97. The number of carbonyl (C=O) groups is 1. The molecule has 0 spiro atoms. The number of benzene rings is 1. The summed E-state index contributed by atoms with van der Waals surface area (Å²) in [5, 5.41) is 4.74. The summed E-state index contributed by atoms with van der Waals surface area (Å²) in [5.41, 5.74) is 4.15. The lowest BCUT2D eigenvalue weighted by Crippen LogP contribution is -2.18. The Morgan fingerprint density at radius 1 is 1.20 bits per heavy atom. The average molecular weight is 295 g/mol. The van der Waals surface area contributed by atoms with Gasteiger partial charge in [0.1, 0.15) is 0 Å². The molecule has 0 aliphatic heterocycles. The molecule has 0 aliphatic carbocycles. The quantitative estimate of drug-likeness (QED) is 0.427. The minimum Gasteiger partial charge on any atom is -0.273 e. The summed E-state index contributed by atoms with van der Waals surface area (Å²) in [6.07, 6.45) is 6.22. The van der Waals surface area contributed by atoms with Gasteiger partial charge in [-0.3, -0.25) is 4.79 Å². The number of hydrogen-bond acceptors (Lipinski definition) is 2. The van der Waals surface area contributed by atoms with E-state index in [0.717, 1.165) is 24.1 Å². The van der Waals surface area contributed by atoms with E-state index in [1.54, 1.807) is 0 Å². The van der Waals surface area contributed by atoms with Crippen LogP contribution in [0.4, 0.5) is 0 Å². The molecule has 0 atom stereocenters. The third kappa shape index (κ3) is 6.20. The lowest BCUT2D eigenvalue weighted by molar-refractivity contribution is -0.121. The van der Waals surface area contributed by atoms with Crippen molar-refractivity contribution in [1.29, 1.82) is 0 Å². The first kappa shape index (κ1) is 16.7. The summed E-state index contributed by atoms with van der Waals surface area (Å²) in [4.78, 5) is 11.6. The number of hydrazone groups is 1. The summed E-state index contributed by atoms with van der Waals surface area (Å²) in [5.74, 6) is -0.0343. The molecule has 0 fully saturated rings. The number of halogens is 1. The molecule has 0 radical (unpaired) electrons. The van der Waals surface area contributed by atoms with E-state index in [1.165, 1.54) is 19.3 Å². The molecule has 20 heavy (non-hydrogen) atoms. The summed E-state index contributed by atoms with van der Waals surface area (Å²) >= 11 is 6.07. The van der Waals surface area contributed by atoms with Crippen molar-refractivity contribution in [3.63, 3.8) is 0 Å². The minimum absolute atomic E-state index is 0.0343. The fourth-order valence-electron chi connectivity index (χ4n) is 1.91. The van der Waals surface area contributed by atoms with Gasteiger partial charge in [0.25, 0.3) is 0 Å². The number of nitrogens with zero attached hydrogens (tertiary/aromatic N) is 1. The van der Waals surface area contributed by atoms with E-state index < -0.39 is 0 Å². The lowest BCUT2D eigenvalue weighted by Gasteiger charge is -2.04. The van der Waals surface area contributed by atoms with Crippen molar-refractivity contribution in [2.75, 3.05) is 0 Å². The first-order chi connectivity index (χ1) is 9.65. The molecule has 0 saturated heterocycles. The van der Waals surface area contributed by atoms with Crippen molar-refractivity contribution in [3.8, 4) is 0 Å². The van der Waals surface area contributed by atoms with Crippen LogP contribution in [-0.4, -0.2) is 11.6 Å². The predicted molar refractivity (Wildman–Crippen MR) is 85.2 cm³/mol. The van der Waals surface area contributed by atoms with Gasteiger partial charge in [-0.2, -0.15) is 5.10 Å². The van der Waals surface area contributed by atoms with E-state index in [0.29, 0.717) is 11.4 Å². The van der Waals surface area contributed by atoms with E-state index in [2.05, 4.69) is 17.5 Å². The molecule has 0 aliphatic rings. The monoisotopic (exact) mass is 294 g/mol. The molecule has 4 heteroatoms. The van der Waals surface area contributed by atoms with Gasteiger partial charge in [0.2, 0.25) is 5.91 Å². The van der Waals surface area contributed by atoms with Crippen molar-refractivity contribution in [2.24, 2.45) is 5.10 Å². The van der Waals surface area contributed by atoms with Gasteiger partial charge in [-0.1, -0.05) is 62.4 Å². The van der Waals surface area contributed by atoms with Crippen LogP contribution in [0.25, 0.3) is 0 Å². The first-order valence-electron chi connectivity index (χ1n) is 7.23. The highest BCUT2D eigenvalue weighted by molar-refractivity contribution is 6.34. The molecule has 0 heterocycles. The molecule has 1 aromatic rings. The lowest BCUT2D eigenvalue weighted by atomic mass is 10.1. The minimum atomic E-state index is -0.0343. The number of nitrogens with one attached hydrogen (secondary N) is 1. The zero-order valence-electron chi connectivity index (χ0n) is 12.3. The second-order valence-corrected chi connectivity index (χ2v) is 5.28. The maximum absolute atomic E-state index is 11.6. The van der Waals surface area contributed by atoms with Crippen LogP contribution < -0.4 is 5.43 Å². The zero-order valence-corrected chi connectivity index (χ0v) is 13.0. The summed E-state index contributed by atoms with van der Waals surface area (Å²) in [6.45, 7) is 4.02. The van der Waals surface area contributed by atoms with Crippen LogP contribution in [0.15, 0.2) is 29.4 Å². The molecule has 0 bridgehead atoms. The molecule has 1 N–H and O–H groups in total. The number of rotatable bonds is 8. The highest BCUT2D eigenvalue weighted by atomic mass is 35.5. The molecule has 0 aromatic heterocycles. The van der Waals surface area contributed by atoms with Gasteiger partial charge < -0.3 is 0 Å². The largest absolute Gasteiger partial charge is 0.273 e. The fourth-order valence-corrected chi connectivity index (χ4v) is 2.18. The van der Waals surface area contributed by atoms with Gasteiger partial charge in [0.15, 0.2) is 0 Å². The number of unbranched alkanes of at least 4 members (excludes halogenated alkanes) is 4. The smallest absolute Gasteiger partial charge is 0.240 e. The van der Waals surface area contributed by atoms with E-state index in [9.17, 15) is 4.79 Å². The van der Waals surface area contributed by atoms with Crippen molar-refractivity contribution < 1.29 is 4.79 Å². The van der Waals surface area contributed by atoms with Crippen LogP contribution in [0, 0.1) is 0 Å². The molecule has 0 unspecified atom stereocenters. The molecular formula is C16H23ClN2O. The Morgan fingerprint density at radius 2 is 1.90 bits per heavy atom. The Hall–Kier alpha value is -1.35. The standard InChI is InChI=1S/C16H23ClN2O/c1-3-4-5-6-7-12-16(20)19-18-13(2)14-10-8-9-11-15(14)17/h8-11H,3-7,12H2,1-2H3,(H,19,20). The SMILES string of the molecule is CCCCCCCC(=O)NN=C(C)c1ccccc1Cl. The highest BCUT2D eigenvalue weighted by Crippen LogP contribution is 2.15. The number of amides is 1. The normalized spacial score (nSPS) is 11.4. The van der Waals surface area contributed by atoms with Crippen molar-refractivity contribution in [2.45, 2.75) is 52.4 Å². The molecule has 1 aromatic carbocycles. The van der Waals surface area contributed by atoms with E-state index in [4.69, 9.17) is 11.6 Å². The highest BCUT2D eigenvalue weighted by Gasteiger charge is 2.04. The van der Waals surface area contributed by atoms with E-state index in [1.807, 2.05) is 31.2 Å². The topological polar surface area (TPSA) is 41.5 Å². The molecule has 3 nitrogen and oxygen atoms in total. The van der Waals surface area contributed by atoms with E-state index >= 15 is 0 Å². The van der Waals surface area contributed by atoms with Gasteiger partial charge in [0, 0.05) is 17.0 Å².